The molecule has 0 spiro atoms. The smallest absolute Gasteiger partial charge is 0.411 e. The lowest BCUT2D eigenvalue weighted by molar-refractivity contribution is -0.384. The minimum atomic E-state index is -0.677. The Balaban J connectivity index is 2.29. The maximum atomic E-state index is 12.4. The number of carbonyl (C=O) groups excluding carboxylic acids is 2. The van der Waals surface area contributed by atoms with Gasteiger partial charge in [0.25, 0.3) is 5.69 Å². The van der Waals surface area contributed by atoms with E-state index in [-0.39, 0.29) is 18.1 Å². The third-order valence-electron chi connectivity index (χ3n) is 3.67. The number of nitro benzene ring substituents is 1. The standard InChI is InChI=1S/C16H21N3O5/c1-16(2,3)24-15(21)18-10-14(20)17(4)9-13(18)11-5-7-12(8-6-11)19(22)23/h5-8,13H,9-10H2,1-4H3. The summed E-state index contributed by atoms with van der Waals surface area (Å²) < 4.78 is 5.38. The Bertz CT molecular complexity index is 651. The zero-order chi connectivity index (χ0) is 18.1. The lowest BCUT2D eigenvalue weighted by Crippen LogP contribution is -2.53. The van der Waals surface area contributed by atoms with Crippen molar-refractivity contribution < 1.29 is 19.2 Å². The van der Waals surface area contributed by atoms with E-state index in [1.807, 2.05) is 0 Å². The predicted octanol–water partition coefficient (Wildman–Crippen LogP) is 2.35. The normalized spacial score (nSPS) is 18.5. The molecule has 24 heavy (non-hydrogen) atoms. The van der Waals surface area contributed by atoms with E-state index in [9.17, 15) is 19.7 Å². The first-order chi connectivity index (χ1) is 11.1. The van der Waals surface area contributed by atoms with Gasteiger partial charge in [0.2, 0.25) is 5.91 Å². The molecule has 0 bridgehead atoms. The van der Waals surface area contributed by atoms with Crippen LogP contribution in [0.5, 0.6) is 0 Å². The summed E-state index contributed by atoms with van der Waals surface area (Å²) >= 11 is 0. The Morgan fingerprint density at radius 1 is 1.29 bits per heavy atom. The molecule has 2 amide bonds. The summed E-state index contributed by atoms with van der Waals surface area (Å²) in [4.78, 5) is 37.6. The molecule has 1 fully saturated rings. The number of nitro groups is 1. The van der Waals surface area contributed by atoms with E-state index in [1.165, 1.54) is 21.9 Å². The van der Waals surface area contributed by atoms with Gasteiger partial charge >= 0.3 is 6.09 Å². The van der Waals surface area contributed by atoms with Crippen molar-refractivity contribution in [3.63, 3.8) is 0 Å². The first-order valence-corrected chi connectivity index (χ1v) is 7.56. The highest BCUT2D eigenvalue weighted by Gasteiger charge is 2.36. The molecule has 1 saturated heterocycles. The predicted molar refractivity (Wildman–Crippen MR) is 86.4 cm³/mol. The molecular weight excluding hydrogens is 314 g/mol. The van der Waals surface area contributed by atoms with Gasteiger partial charge in [-0.05, 0) is 26.3 Å². The van der Waals surface area contributed by atoms with Crippen molar-refractivity contribution in [1.29, 1.82) is 0 Å². The highest BCUT2D eigenvalue weighted by Crippen LogP contribution is 2.28. The van der Waals surface area contributed by atoms with E-state index in [0.29, 0.717) is 12.1 Å². The SMILES string of the molecule is CN1CC(c2ccc([N+](=O)[O-])cc2)N(C(=O)OC(C)(C)C)CC1=O. The van der Waals surface area contributed by atoms with Gasteiger partial charge in [-0.15, -0.1) is 0 Å². The molecule has 1 aliphatic rings. The van der Waals surface area contributed by atoms with Crippen LogP contribution in [0.2, 0.25) is 0 Å². The highest BCUT2D eigenvalue weighted by atomic mass is 16.6. The van der Waals surface area contributed by atoms with Gasteiger partial charge < -0.3 is 9.64 Å². The Labute approximate surface area is 140 Å². The van der Waals surface area contributed by atoms with Crippen LogP contribution in [-0.4, -0.2) is 52.5 Å². The van der Waals surface area contributed by atoms with Crippen molar-refractivity contribution in [3.8, 4) is 0 Å². The second-order valence-corrected chi connectivity index (χ2v) is 6.75. The average molecular weight is 335 g/mol. The van der Waals surface area contributed by atoms with Crippen LogP contribution < -0.4 is 0 Å². The molecule has 0 aliphatic carbocycles. The third-order valence-corrected chi connectivity index (χ3v) is 3.67. The van der Waals surface area contributed by atoms with Crippen molar-refractivity contribution in [2.75, 3.05) is 20.1 Å². The number of rotatable bonds is 2. The van der Waals surface area contributed by atoms with E-state index in [0.717, 1.165) is 0 Å². The molecule has 1 aliphatic heterocycles. The molecular formula is C16H21N3O5. The van der Waals surface area contributed by atoms with E-state index in [1.54, 1.807) is 40.0 Å². The highest BCUT2D eigenvalue weighted by molar-refractivity contribution is 5.84. The van der Waals surface area contributed by atoms with Crippen molar-refractivity contribution in [2.24, 2.45) is 0 Å². The first kappa shape index (κ1) is 17.7. The summed E-state index contributed by atoms with van der Waals surface area (Å²) in [6.45, 7) is 5.47. The number of carbonyl (C=O) groups is 2. The summed E-state index contributed by atoms with van der Waals surface area (Å²) in [7, 11) is 1.66. The van der Waals surface area contributed by atoms with Crippen LogP contribution in [0.1, 0.15) is 32.4 Å². The minimum absolute atomic E-state index is 0.0252. The van der Waals surface area contributed by atoms with Crippen molar-refractivity contribution >= 4 is 17.7 Å². The molecule has 1 aromatic carbocycles. The number of likely N-dealkylation sites (N-methyl/N-ethyl adjacent to an activating group) is 1. The third kappa shape index (κ3) is 4.01. The first-order valence-electron chi connectivity index (χ1n) is 7.56. The maximum Gasteiger partial charge on any atom is 0.411 e. The van der Waals surface area contributed by atoms with E-state index < -0.39 is 22.7 Å². The van der Waals surface area contributed by atoms with Crippen molar-refractivity contribution in [2.45, 2.75) is 32.4 Å². The van der Waals surface area contributed by atoms with Crippen molar-refractivity contribution in [1.82, 2.24) is 9.80 Å². The van der Waals surface area contributed by atoms with E-state index in [4.69, 9.17) is 4.74 Å². The molecule has 2 rings (SSSR count). The fraction of sp³-hybridized carbons (Fsp3) is 0.500. The second-order valence-electron chi connectivity index (χ2n) is 6.75. The van der Waals surface area contributed by atoms with Crippen LogP contribution in [0.15, 0.2) is 24.3 Å². The van der Waals surface area contributed by atoms with Gasteiger partial charge in [-0.3, -0.25) is 19.8 Å². The molecule has 1 unspecified atom stereocenters. The van der Waals surface area contributed by atoms with Gasteiger partial charge in [-0.2, -0.15) is 0 Å². The molecule has 0 radical (unpaired) electrons. The lowest BCUT2D eigenvalue weighted by atomic mass is 10.0. The molecule has 1 heterocycles. The molecule has 0 aromatic heterocycles. The van der Waals surface area contributed by atoms with Crippen LogP contribution in [0.4, 0.5) is 10.5 Å². The maximum absolute atomic E-state index is 12.4. The largest absolute Gasteiger partial charge is 0.444 e. The van der Waals surface area contributed by atoms with Crippen LogP contribution >= 0.6 is 0 Å². The summed E-state index contributed by atoms with van der Waals surface area (Å²) in [6, 6.07) is 5.56. The molecule has 8 heteroatoms. The summed E-state index contributed by atoms with van der Waals surface area (Å²) in [5.41, 5.74) is 0.0115. The average Bonchev–Trinajstić information content (AvgIpc) is 2.48. The Kier molecular flexibility index (Phi) is 4.77. The minimum Gasteiger partial charge on any atom is -0.444 e. The molecule has 8 nitrogen and oxygen atoms in total. The number of nitrogens with zero attached hydrogens (tertiary/aromatic N) is 3. The van der Waals surface area contributed by atoms with Crippen LogP contribution in [0, 0.1) is 10.1 Å². The number of piperazine rings is 1. The fourth-order valence-corrected chi connectivity index (χ4v) is 2.45. The zero-order valence-corrected chi connectivity index (χ0v) is 14.2. The second kappa shape index (κ2) is 6.46. The monoisotopic (exact) mass is 335 g/mol. The number of benzene rings is 1. The number of amides is 2. The molecule has 0 N–H and O–H groups in total. The number of non-ortho nitro benzene ring substituents is 1. The summed E-state index contributed by atoms with van der Waals surface area (Å²) in [5.74, 6) is -0.181. The van der Waals surface area contributed by atoms with Gasteiger partial charge in [-0.25, -0.2) is 4.79 Å². The van der Waals surface area contributed by atoms with Crippen LogP contribution in [0.3, 0.4) is 0 Å². The Morgan fingerprint density at radius 3 is 2.38 bits per heavy atom. The van der Waals surface area contributed by atoms with E-state index >= 15 is 0 Å². The number of hydrogen-bond acceptors (Lipinski definition) is 5. The van der Waals surface area contributed by atoms with Crippen LogP contribution in [0.25, 0.3) is 0 Å². The van der Waals surface area contributed by atoms with Gasteiger partial charge in [0, 0.05) is 25.7 Å². The Hall–Kier alpha value is -2.64. The number of ether oxygens (including phenoxy) is 1. The number of hydrogen-bond donors (Lipinski definition) is 0. The molecule has 1 aromatic rings. The molecule has 1 atom stereocenters. The quantitative estimate of drug-likeness (QED) is 0.611. The van der Waals surface area contributed by atoms with Gasteiger partial charge in [-0.1, -0.05) is 12.1 Å². The lowest BCUT2D eigenvalue weighted by Gasteiger charge is -2.40. The summed E-state index contributed by atoms with van der Waals surface area (Å²) in [6.07, 6.45) is -0.577. The zero-order valence-electron chi connectivity index (χ0n) is 14.2. The topological polar surface area (TPSA) is 93.0 Å². The summed E-state index contributed by atoms with van der Waals surface area (Å²) in [5, 5.41) is 10.8. The van der Waals surface area contributed by atoms with Crippen LogP contribution in [-0.2, 0) is 9.53 Å². The van der Waals surface area contributed by atoms with Crippen molar-refractivity contribution in [3.05, 3.63) is 39.9 Å². The van der Waals surface area contributed by atoms with Gasteiger partial charge in [0.15, 0.2) is 0 Å². The van der Waals surface area contributed by atoms with E-state index in [2.05, 4.69) is 0 Å². The molecule has 130 valence electrons. The molecule has 0 saturated carbocycles. The fourth-order valence-electron chi connectivity index (χ4n) is 2.45. The Morgan fingerprint density at radius 2 is 1.88 bits per heavy atom. The van der Waals surface area contributed by atoms with Gasteiger partial charge in [0.1, 0.15) is 12.1 Å². The van der Waals surface area contributed by atoms with Gasteiger partial charge in [0.05, 0.1) is 11.0 Å².